The fourth-order valence-corrected chi connectivity index (χ4v) is 3.68. The van der Waals surface area contributed by atoms with E-state index in [-0.39, 0.29) is 5.56 Å². The second-order valence-corrected chi connectivity index (χ2v) is 6.90. The molecule has 0 atom stereocenters. The van der Waals surface area contributed by atoms with Crippen molar-refractivity contribution in [3.8, 4) is 0 Å². The van der Waals surface area contributed by atoms with Crippen LogP contribution in [0.15, 0.2) is 29.3 Å². The Kier molecular flexibility index (Phi) is 4.85. The number of aryl methyl sites for hydroxylation is 2. The largest absolute Gasteiger partial charge is 0.299 e. The van der Waals surface area contributed by atoms with E-state index in [1.165, 1.54) is 5.56 Å². The van der Waals surface area contributed by atoms with Gasteiger partial charge in [0, 0.05) is 51.5 Å². The molecule has 132 valence electrons. The number of aromatic nitrogens is 4. The van der Waals surface area contributed by atoms with E-state index in [9.17, 15) is 4.79 Å². The number of rotatable bonds is 5. The monoisotopic (exact) mass is 340 g/mol. The molecular weight excluding hydrogens is 316 g/mol. The molecule has 1 aliphatic carbocycles. The van der Waals surface area contributed by atoms with Crippen molar-refractivity contribution >= 4 is 0 Å². The summed E-state index contributed by atoms with van der Waals surface area (Å²) < 4.78 is 1.65. The predicted octanol–water partition coefficient (Wildman–Crippen LogP) is 0.340. The van der Waals surface area contributed by atoms with Crippen LogP contribution in [0.25, 0.3) is 0 Å². The number of fused-ring (bicyclic) bond motifs is 1. The van der Waals surface area contributed by atoms with Crippen molar-refractivity contribution in [3.05, 3.63) is 51.7 Å². The maximum absolute atomic E-state index is 12.2. The summed E-state index contributed by atoms with van der Waals surface area (Å²) >= 11 is 0. The fourth-order valence-electron chi connectivity index (χ4n) is 3.68. The predicted molar refractivity (Wildman–Crippen MR) is 94.3 cm³/mol. The fraction of sp³-hybridized carbons (Fsp3) is 0.556. The van der Waals surface area contributed by atoms with E-state index in [0.29, 0.717) is 6.54 Å². The van der Waals surface area contributed by atoms with Gasteiger partial charge in [-0.15, -0.1) is 0 Å². The van der Waals surface area contributed by atoms with E-state index < -0.39 is 0 Å². The Labute approximate surface area is 147 Å². The molecule has 25 heavy (non-hydrogen) atoms. The molecule has 2 aliphatic rings. The first-order valence-electron chi connectivity index (χ1n) is 9.08. The van der Waals surface area contributed by atoms with E-state index in [1.807, 2.05) is 12.3 Å². The van der Waals surface area contributed by atoms with Gasteiger partial charge < -0.3 is 0 Å². The Morgan fingerprint density at radius 3 is 2.64 bits per heavy atom. The van der Waals surface area contributed by atoms with Crippen LogP contribution in [0.3, 0.4) is 0 Å². The number of hydrogen-bond donors (Lipinski definition) is 0. The summed E-state index contributed by atoms with van der Waals surface area (Å²) in [4.78, 5) is 17.0. The van der Waals surface area contributed by atoms with Gasteiger partial charge in [0.15, 0.2) is 0 Å². The molecule has 0 bridgehead atoms. The third kappa shape index (κ3) is 3.93. The van der Waals surface area contributed by atoms with Crippen molar-refractivity contribution in [1.29, 1.82) is 0 Å². The molecule has 1 saturated heterocycles. The molecule has 1 aliphatic heterocycles. The van der Waals surface area contributed by atoms with Crippen molar-refractivity contribution in [3.63, 3.8) is 0 Å². The zero-order valence-corrected chi connectivity index (χ0v) is 14.5. The highest BCUT2D eigenvalue weighted by Gasteiger charge is 2.18. The van der Waals surface area contributed by atoms with Crippen LogP contribution >= 0.6 is 0 Å². The standard InChI is InChI=1S/C18H24N6O/c25-18-12-16-2-1-3-17(16)21-24(18)11-10-22-6-8-23(9-7-22)14-15-4-5-19-20-13-15/h4-5,12-13H,1-3,6-11,14H2. The first kappa shape index (κ1) is 16.4. The van der Waals surface area contributed by atoms with Crippen LogP contribution in [0.4, 0.5) is 0 Å². The second-order valence-electron chi connectivity index (χ2n) is 6.90. The van der Waals surface area contributed by atoms with Gasteiger partial charge in [-0.05, 0) is 36.5 Å². The molecule has 0 radical (unpaired) electrons. The molecular formula is C18H24N6O. The van der Waals surface area contributed by atoms with Gasteiger partial charge in [-0.2, -0.15) is 15.3 Å². The molecule has 1 fully saturated rings. The van der Waals surface area contributed by atoms with E-state index in [0.717, 1.165) is 69.8 Å². The van der Waals surface area contributed by atoms with Crippen molar-refractivity contribution < 1.29 is 0 Å². The van der Waals surface area contributed by atoms with E-state index in [4.69, 9.17) is 0 Å². The van der Waals surface area contributed by atoms with Crippen LogP contribution in [0.5, 0.6) is 0 Å². The van der Waals surface area contributed by atoms with Crippen LogP contribution in [-0.4, -0.2) is 62.5 Å². The van der Waals surface area contributed by atoms with Gasteiger partial charge in [0.25, 0.3) is 5.56 Å². The molecule has 0 unspecified atom stereocenters. The van der Waals surface area contributed by atoms with E-state index >= 15 is 0 Å². The Bertz CT molecular complexity index is 767. The summed E-state index contributed by atoms with van der Waals surface area (Å²) in [5, 5.41) is 12.3. The molecule has 0 saturated carbocycles. The molecule has 3 heterocycles. The highest BCUT2D eigenvalue weighted by atomic mass is 16.1. The average Bonchev–Trinajstić information content (AvgIpc) is 3.09. The lowest BCUT2D eigenvalue weighted by molar-refractivity contribution is 0.122. The third-order valence-electron chi connectivity index (χ3n) is 5.17. The summed E-state index contributed by atoms with van der Waals surface area (Å²) in [7, 11) is 0. The molecule has 7 heteroatoms. The van der Waals surface area contributed by atoms with Crippen molar-refractivity contribution in [1.82, 2.24) is 29.8 Å². The summed E-state index contributed by atoms with van der Waals surface area (Å²) in [5.74, 6) is 0. The zero-order valence-electron chi connectivity index (χ0n) is 14.5. The molecule has 0 amide bonds. The smallest absolute Gasteiger partial charge is 0.267 e. The quantitative estimate of drug-likeness (QED) is 0.782. The third-order valence-corrected chi connectivity index (χ3v) is 5.17. The zero-order chi connectivity index (χ0) is 17.1. The lowest BCUT2D eigenvalue weighted by atomic mass is 10.2. The first-order valence-corrected chi connectivity index (χ1v) is 9.08. The van der Waals surface area contributed by atoms with Gasteiger partial charge in [0.05, 0.1) is 18.4 Å². The highest BCUT2D eigenvalue weighted by Crippen LogP contribution is 2.17. The Hall–Kier alpha value is -2.12. The summed E-state index contributed by atoms with van der Waals surface area (Å²) in [5.41, 5.74) is 3.53. The number of piperazine rings is 1. The van der Waals surface area contributed by atoms with Crippen molar-refractivity contribution in [2.75, 3.05) is 32.7 Å². The molecule has 0 N–H and O–H groups in total. The molecule has 7 nitrogen and oxygen atoms in total. The van der Waals surface area contributed by atoms with Gasteiger partial charge in [-0.1, -0.05) is 0 Å². The van der Waals surface area contributed by atoms with Crippen molar-refractivity contribution in [2.24, 2.45) is 0 Å². The molecule has 4 rings (SSSR count). The molecule has 0 aromatic carbocycles. The van der Waals surface area contributed by atoms with E-state index in [1.54, 1.807) is 16.9 Å². The lowest BCUT2D eigenvalue weighted by Gasteiger charge is -2.34. The van der Waals surface area contributed by atoms with Crippen LogP contribution in [0.1, 0.15) is 23.2 Å². The minimum Gasteiger partial charge on any atom is -0.299 e. The highest BCUT2D eigenvalue weighted by molar-refractivity contribution is 5.22. The number of nitrogens with zero attached hydrogens (tertiary/aromatic N) is 6. The summed E-state index contributed by atoms with van der Waals surface area (Å²) in [6, 6.07) is 3.81. The average molecular weight is 340 g/mol. The van der Waals surface area contributed by atoms with E-state index in [2.05, 4.69) is 25.1 Å². The molecule has 2 aromatic rings. The molecule has 0 spiro atoms. The normalized spacial score (nSPS) is 18.4. The minimum absolute atomic E-state index is 0.0458. The SMILES string of the molecule is O=c1cc2c(nn1CCN1CCN(Cc3ccnnc3)CC1)CCC2. The van der Waals surface area contributed by atoms with Crippen molar-refractivity contribution in [2.45, 2.75) is 32.4 Å². The van der Waals surface area contributed by atoms with Gasteiger partial charge in [0.1, 0.15) is 0 Å². The van der Waals surface area contributed by atoms with Crippen LogP contribution in [0.2, 0.25) is 0 Å². The Balaban J connectivity index is 1.27. The maximum atomic E-state index is 12.2. The Morgan fingerprint density at radius 1 is 1.00 bits per heavy atom. The van der Waals surface area contributed by atoms with Crippen LogP contribution in [-0.2, 0) is 25.9 Å². The first-order chi connectivity index (χ1) is 12.3. The van der Waals surface area contributed by atoms with Gasteiger partial charge in [0.2, 0.25) is 0 Å². The summed E-state index contributed by atoms with van der Waals surface area (Å²) in [6.45, 7) is 6.62. The van der Waals surface area contributed by atoms with Gasteiger partial charge in [-0.25, -0.2) is 4.68 Å². The second kappa shape index (κ2) is 7.41. The maximum Gasteiger partial charge on any atom is 0.267 e. The van der Waals surface area contributed by atoms with Crippen LogP contribution < -0.4 is 5.56 Å². The van der Waals surface area contributed by atoms with Gasteiger partial charge in [-0.3, -0.25) is 14.6 Å². The minimum atomic E-state index is 0.0458. The van der Waals surface area contributed by atoms with Gasteiger partial charge >= 0.3 is 0 Å². The Morgan fingerprint density at radius 2 is 1.84 bits per heavy atom. The summed E-state index contributed by atoms with van der Waals surface area (Å²) in [6.07, 6.45) is 6.72. The topological polar surface area (TPSA) is 67.2 Å². The molecule has 2 aromatic heterocycles. The number of hydrogen-bond acceptors (Lipinski definition) is 6. The lowest BCUT2D eigenvalue weighted by Crippen LogP contribution is -2.47. The van der Waals surface area contributed by atoms with Crippen LogP contribution in [0, 0.1) is 0 Å².